The largest absolute Gasteiger partial charge is 0.489 e. The van der Waals surface area contributed by atoms with Gasteiger partial charge in [0.2, 0.25) is 0 Å². The van der Waals surface area contributed by atoms with Crippen LogP contribution in [0, 0.1) is 5.82 Å². The minimum Gasteiger partial charge on any atom is -0.489 e. The van der Waals surface area contributed by atoms with E-state index in [-0.39, 0.29) is 18.0 Å². The molecule has 2 aromatic heterocycles. The molecule has 0 fully saturated rings. The molecule has 0 spiro atoms. The van der Waals surface area contributed by atoms with Crippen molar-refractivity contribution in [3.8, 4) is 11.4 Å². The van der Waals surface area contributed by atoms with E-state index in [1.807, 2.05) is 30.3 Å². The van der Waals surface area contributed by atoms with Gasteiger partial charge >= 0.3 is 0 Å². The molecule has 0 amide bonds. The quantitative estimate of drug-likeness (QED) is 0.579. The Morgan fingerprint density at radius 3 is 2.57 bits per heavy atom. The molecule has 4 rings (SSSR count). The van der Waals surface area contributed by atoms with Crippen LogP contribution in [-0.2, 0) is 13.2 Å². The minimum absolute atomic E-state index is 0.206. The normalized spacial score (nSPS) is 10.9. The van der Waals surface area contributed by atoms with E-state index in [1.54, 1.807) is 29.0 Å². The molecule has 0 aliphatic heterocycles. The zero-order chi connectivity index (χ0) is 19.5. The Morgan fingerprint density at radius 2 is 1.82 bits per heavy atom. The van der Waals surface area contributed by atoms with Gasteiger partial charge in [-0.15, -0.1) is 0 Å². The van der Waals surface area contributed by atoms with Gasteiger partial charge in [0.25, 0.3) is 5.56 Å². The van der Waals surface area contributed by atoms with E-state index in [0.717, 1.165) is 27.8 Å². The lowest BCUT2D eigenvalue weighted by molar-refractivity contribution is 0.305. The summed E-state index contributed by atoms with van der Waals surface area (Å²) < 4.78 is 20.1. The number of hydrogen-bond donors (Lipinski definition) is 1. The zero-order valence-electron chi connectivity index (χ0n) is 15.0. The molecular formula is C22H18FN3O2. The number of fused-ring (bicyclic) bond motifs is 1. The molecule has 2 heterocycles. The molecule has 5 nitrogen and oxygen atoms in total. The maximum Gasteiger partial charge on any atom is 0.258 e. The van der Waals surface area contributed by atoms with Gasteiger partial charge in [-0.2, -0.15) is 0 Å². The van der Waals surface area contributed by atoms with Crippen LogP contribution in [0.25, 0.3) is 16.6 Å². The number of nitrogens with zero attached hydrogens (tertiary/aromatic N) is 2. The predicted molar refractivity (Wildman–Crippen MR) is 106 cm³/mol. The Kier molecular flexibility index (Phi) is 4.87. The molecular weight excluding hydrogens is 357 g/mol. The smallest absolute Gasteiger partial charge is 0.258 e. The second-order valence-electron chi connectivity index (χ2n) is 6.37. The van der Waals surface area contributed by atoms with Crippen molar-refractivity contribution < 1.29 is 9.13 Å². The molecule has 0 aliphatic rings. The summed E-state index contributed by atoms with van der Waals surface area (Å²) in [7, 11) is 0. The first kappa shape index (κ1) is 17.9. The van der Waals surface area contributed by atoms with Crippen molar-refractivity contribution in [3.05, 3.63) is 100 Å². The number of nitrogens with two attached hydrogens (primary N) is 1. The van der Waals surface area contributed by atoms with Crippen LogP contribution in [0.5, 0.6) is 5.75 Å². The molecule has 0 aliphatic carbocycles. The number of aromatic nitrogens is 2. The van der Waals surface area contributed by atoms with Crippen LogP contribution in [0.15, 0.2) is 77.7 Å². The topological polar surface area (TPSA) is 70.1 Å². The summed E-state index contributed by atoms with van der Waals surface area (Å²) in [4.78, 5) is 17.0. The molecule has 2 aromatic carbocycles. The summed E-state index contributed by atoms with van der Waals surface area (Å²) >= 11 is 0. The first-order chi connectivity index (χ1) is 13.6. The lowest BCUT2D eigenvalue weighted by atomic mass is 10.1. The molecule has 6 heteroatoms. The molecule has 0 radical (unpaired) electrons. The number of hydrogen-bond acceptors (Lipinski definition) is 4. The Bertz CT molecular complexity index is 1190. The molecule has 0 unspecified atom stereocenters. The number of pyridine rings is 2. The highest BCUT2D eigenvalue weighted by Crippen LogP contribution is 2.18. The first-order valence-electron chi connectivity index (χ1n) is 8.82. The second-order valence-corrected chi connectivity index (χ2v) is 6.37. The molecule has 0 atom stereocenters. The Hall–Kier alpha value is -3.51. The molecule has 28 heavy (non-hydrogen) atoms. The standard InChI is InChI=1S/C22H18FN3O2/c23-17-4-1-15(2-5-17)14-28-20-9-10-26(22(27)12-20)19-7-8-21-16(11-19)3-6-18(13-24)25-21/h1-12H,13-14,24H2. The molecule has 2 N–H and O–H groups in total. The van der Waals surface area contributed by atoms with E-state index in [4.69, 9.17) is 10.5 Å². The van der Waals surface area contributed by atoms with Crippen molar-refractivity contribution in [1.82, 2.24) is 9.55 Å². The van der Waals surface area contributed by atoms with Crippen molar-refractivity contribution in [2.45, 2.75) is 13.2 Å². The monoisotopic (exact) mass is 375 g/mol. The van der Waals surface area contributed by atoms with Gasteiger partial charge in [0.15, 0.2) is 0 Å². The van der Waals surface area contributed by atoms with Gasteiger partial charge in [0, 0.05) is 29.9 Å². The summed E-state index contributed by atoms with van der Waals surface area (Å²) in [6, 6.07) is 18.7. The summed E-state index contributed by atoms with van der Waals surface area (Å²) in [6.45, 7) is 0.644. The summed E-state index contributed by atoms with van der Waals surface area (Å²) in [5.74, 6) is 0.164. The molecule has 0 saturated heterocycles. The third-order valence-corrected chi connectivity index (χ3v) is 4.43. The van der Waals surface area contributed by atoms with Crippen LogP contribution < -0.4 is 16.0 Å². The fourth-order valence-electron chi connectivity index (χ4n) is 2.93. The molecule has 4 aromatic rings. The number of benzene rings is 2. The second kappa shape index (κ2) is 7.62. The zero-order valence-corrected chi connectivity index (χ0v) is 15.0. The Labute approximate surface area is 160 Å². The highest BCUT2D eigenvalue weighted by Gasteiger charge is 2.05. The average molecular weight is 375 g/mol. The van der Waals surface area contributed by atoms with Crippen molar-refractivity contribution in [3.63, 3.8) is 0 Å². The van der Waals surface area contributed by atoms with E-state index in [0.29, 0.717) is 12.3 Å². The SMILES string of the molecule is NCc1ccc2cc(-n3ccc(OCc4ccc(F)cc4)cc3=O)ccc2n1. The Balaban J connectivity index is 1.56. The van der Waals surface area contributed by atoms with Gasteiger partial charge in [-0.3, -0.25) is 14.3 Å². The van der Waals surface area contributed by atoms with Crippen molar-refractivity contribution in [2.24, 2.45) is 5.73 Å². The number of ether oxygens (including phenoxy) is 1. The summed E-state index contributed by atoms with van der Waals surface area (Å²) in [6.07, 6.45) is 1.67. The van der Waals surface area contributed by atoms with Gasteiger partial charge in [-0.1, -0.05) is 18.2 Å². The maximum absolute atomic E-state index is 12.9. The van der Waals surface area contributed by atoms with Crippen LogP contribution in [0.1, 0.15) is 11.3 Å². The van der Waals surface area contributed by atoms with Crippen LogP contribution in [0.4, 0.5) is 4.39 Å². The van der Waals surface area contributed by atoms with Crippen LogP contribution in [0.2, 0.25) is 0 Å². The van der Waals surface area contributed by atoms with Gasteiger partial charge < -0.3 is 10.5 Å². The molecule has 0 saturated carbocycles. The summed E-state index contributed by atoms with van der Waals surface area (Å²) in [5.41, 5.74) is 8.64. The van der Waals surface area contributed by atoms with Gasteiger partial charge in [-0.05, 0) is 48.0 Å². The van der Waals surface area contributed by atoms with Crippen LogP contribution in [0.3, 0.4) is 0 Å². The third kappa shape index (κ3) is 3.77. The maximum atomic E-state index is 12.9. The third-order valence-electron chi connectivity index (χ3n) is 4.43. The predicted octanol–water partition coefficient (Wildman–Crippen LogP) is 3.56. The van der Waals surface area contributed by atoms with Gasteiger partial charge in [0.05, 0.1) is 11.2 Å². The van der Waals surface area contributed by atoms with Gasteiger partial charge in [-0.25, -0.2) is 4.39 Å². The lowest BCUT2D eigenvalue weighted by Gasteiger charge is -2.10. The average Bonchev–Trinajstić information content (AvgIpc) is 2.72. The fourth-order valence-corrected chi connectivity index (χ4v) is 2.93. The number of halogens is 1. The van der Waals surface area contributed by atoms with E-state index in [1.165, 1.54) is 18.2 Å². The highest BCUT2D eigenvalue weighted by atomic mass is 19.1. The van der Waals surface area contributed by atoms with E-state index >= 15 is 0 Å². The van der Waals surface area contributed by atoms with E-state index in [2.05, 4.69) is 4.98 Å². The molecule has 140 valence electrons. The van der Waals surface area contributed by atoms with Crippen molar-refractivity contribution in [1.29, 1.82) is 0 Å². The van der Waals surface area contributed by atoms with Crippen molar-refractivity contribution in [2.75, 3.05) is 0 Å². The summed E-state index contributed by atoms with van der Waals surface area (Å²) in [5, 5.41) is 0.929. The minimum atomic E-state index is -0.295. The fraction of sp³-hybridized carbons (Fsp3) is 0.0909. The highest BCUT2D eigenvalue weighted by molar-refractivity contribution is 5.81. The molecule has 0 bridgehead atoms. The first-order valence-corrected chi connectivity index (χ1v) is 8.82. The van der Waals surface area contributed by atoms with E-state index in [9.17, 15) is 9.18 Å². The number of rotatable bonds is 5. The van der Waals surface area contributed by atoms with E-state index < -0.39 is 0 Å². The van der Waals surface area contributed by atoms with Crippen LogP contribution in [-0.4, -0.2) is 9.55 Å². The Morgan fingerprint density at radius 1 is 1.00 bits per heavy atom. The lowest BCUT2D eigenvalue weighted by Crippen LogP contribution is -2.16. The van der Waals surface area contributed by atoms with Gasteiger partial charge in [0.1, 0.15) is 18.2 Å². The van der Waals surface area contributed by atoms with Crippen LogP contribution >= 0.6 is 0 Å². The van der Waals surface area contributed by atoms with Crippen molar-refractivity contribution >= 4 is 10.9 Å².